The number of fused-ring (bicyclic) bond motifs is 1. The maximum Gasteiger partial charge on any atom is 0.259 e. The summed E-state index contributed by atoms with van der Waals surface area (Å²) >= 11 is 4.95. The topological polar surface area (TPSA) is 89.0 Å². The molecule has 0 atom stereocenters. The van der Waals surface area contributed by atoms with Gasteiger partial charge in [0.2, 0.25) is 0 Å². The van der Waals surface area contributed by atoms with Gasteiger partial charge >= 0.3 is 0 Å². The Morgan fingerprint density at radius 1 is 1.10 bits per heavy atom. The van der Waals surface area contributed by atoms with Crippen LogP contribution in [0.2, 0.25) is 0 Å². The van der Waals surface area contributed by atoms with Gasteiger partial charge in [-0.1, -0.05) is 18.2 Å². The van der Waals surface area contributed by atoms with Crippen LogP contribution in [0, 0.1) is 0 Å². The first-order valence-corrected chi connectivity index (χ1v) is 10.6. The number of halogens is 1. The van der Waals surface area contributed by atoms with E-state index in [1.807, 2.05) is 36.6 Å². The van der Waals surface area contributed by atoms with Crippen LogP contribution in [0.15, 0.2) is 51.4 Å². The zero-order valence-corrected chi connectivity index (χ0v) is 19.0. The van der Waals surface area contributed by atoms with E-state index in [4.69, 9.17) is 9.47 Å². The minimum atomic E-state index is -0.432. The number of carbonyl (C=O) groups excluding carboxylic acids is 2. The number of hydrogen-bond acceptors (Lipinski definition) is 6. The van der Waals surface area contributed by atoms with Crippen LogP contribution >= 0.6 is 27.3 Å². The fraction of sp³-hybridized carbons (Fsp3) is 0.190. The van der Waals surface area contributed by atoms with Crippen LogP contribution in [-0.2, 0) is 4.79 Å². The third-order valence-corrected chi connectivity index (χ3v) is 5.97. The van der Waals surface area contributed by atoms with Crippen LogP contribution in [0.1, 0.15) is 22.8 Å². The second-order valence-electron chi connectivity index (χ2n) is 6.25. The minimum Gasteiger partial charge on any atom is -0.493 e. The Hall–Kier alpha value is -2.91. The first kappa shape index (κ1) is 21.8. The molecule has 0 aliphatic rings. The number of ether oxygens (including phenoxy) is 2. The molecule has 3 rings (SSSR count). The zero-order valence-electron chi connectivity index (χ0n) is 16.6. The van der Waals surface area contributed by atoms with Crippen LogP contribution in [-0.4, -0.2) is 38.3 Å². The first-order chi connectivity index (χ1) is 14.4. The van der Waals surface area contributed by atoms with E-state index in [2.05, 4.69) is 31.8 Å². The fourth-order valence-electron chi connectivity index (χ4n) is 2.79. The Labute approximate surface area is 186 Å². The number of amides is 2. The van der Waals surface area contributed by atoms with Crippen molar-refractivity contribution in [2.24, 2.45) is 5.10 Å². The van der Waals surface area contributed by atoms with E-state index in [0.717, 1.165) is 15.6 Å². The van der Waals surface area contributed by atoms with Gasteiger partial charge in [0.25, 0.3) is 11.8 Å². The highest BCUT2D eigenvalue weighted by molar-refractivity contribution is 9.10. The molecular formula is C21H20BrN3O4S. The zero-order chi connectivity index (χ0) is 21.7. The van der Waals surface area contributed by atoms with Crippen molar-refractivity contribution in [3.63, 3.8) is 0 Å². The van der Waals surface area contributed by atoms with Crippen molar-refractivity contribution in [3.8, 4) is 11.5 Å². The van der Waals surface area contributed by atoms with Crippen molar-refractivity contribution in [3.05, 3.63) is 57.4 Å². The van der Waals surface area contributed by atoms with Gasteiger partial charge < -0.3 is 14.8 Å². The number of thiophene rings is 1. The number of hydrogen-bond donors (Lipinski definition) is 2. The molecule has 1 heterocycles. The molecule has 9 heteroatoms. The standard InChI is InChI=1S/C21H20BrN3O4S/c1-12(15-11-30-19-7-5-4-6-13(15)19)24-25-20(26)10-23-21(27)14-8-17(28-2)18(29-3)9-16(14)22/h4-9,11H,10H2,1-3H3,(H,23,27)(H,25,26)/b24-12+. The van der Waals surface area contributed by atoms with Crippen LogP contribution in [0.3, 0.4) is 0 Å². The molecular weight excluding hydrogens is 470 g/mol. The van der Waals surface area contributed by atoms with E-state index in [1.54, 1.807) is 23.5 Å². The summed E-state index contributed by atoms with van der Waals surface area (Å²) in [5, 5.41) is 9.83. The number of nitrogens with zero attached hydrogens (tertiary/aromatic N) is 1. The molecule has 0 radical (unpaired) electrons. The molecule has 0 spiro atoms. The maximum atomic E-state index is 12.5. The largest absolute Gasteiger partial charge is 0.493 e. The van der Waals surface area contributed by atoms with E-state index < -0.39 is 11.8 Å². The molecule has 0 bridgehead atoms. The molecule has 1 aromatic heterocycles. The second-order valence-corrected chi connectivity index (χ2v) is 8.01. The smallest absolute Gasteiger partial charge is 0.259 e. The van der Waals surface area contributed by atoms with Crippen LogP contribution in [0.4, 0.5) is 0 Å². The highest BCUT2D eigenvalue weighted by Crippen LogP contribution is 2.33. The third kappa shape index (κ3) is 4.80. The van der Waals surface area contributed by atoms with Gasteiger partial charge in [0.15, 0.2) is 11.5 Å². The lowest BCUT2D eigenvalue weighted by molar-refractivity contribution is -0.120. The summed E-state index contributed by atoms with van der Waals surface area (Å²) in [6.07, 6.45) is 0. The van der Waals surface area contributed by atoms with Crippen molar-refractivity contribution < 1.29 is 19.1 Å². The highest BCUT2D eigenvalue weighted by atomic mass is 79.9. The monoisotopic (exact) mass is 489 g/mol. The highest BCUT2D eigenvalue weighted by Gasteiger charge is 2.16. The summed E-state index contributed by atoms with van der Waals surface area (Å²) < 4.78 is 12.1. The van der Waals surface area contributed by atoms with E-state index in [9.17, 15) is 9.59 Å². The molecule has 2 N–H and O–H groups in total. The molecule has 3 aromatic rings. The number of nitrogens with one attached hydrogen (secondary N) is 2. The van der Waals surface area contributed by atoms with Crippen LogP contribution < -0.4 is 20.2 Å². The molecule has 0 saturated carbocycles. The van der Waals surface area contributed by atoms with Gasteiger partial charge in [-0.15, -0.1) is 11.3 Å². The Morgan fingerprint density at radius 3 is 2.53 bits per heavy atom. The summed E-state index contributed by atoms with van der Waals surface area (Å²) in [4.78, 5) is 24.6. The van der Waals surface area contributed by atoms with Crippen molar-refractivity contribution in [1.29, 1.82) is 0 Å². The first-order valence-electron chi connectivity index (χ1n) is 8.94. The van der Waals surface area contributed by atoms with Gasteiger partial charge in [0, 0.05) is 25.5 Å². The van der Waals surface area contributed by atoms with E-state index >= 15 is 0 Å². The van der Waals surface area contributed by atoms with E-state index in [-0.39, 0.29) is 6.54 Å². The molecule has 0 saturated heterocycles. The number of rotatable bonds is 7. The molecule has 0 aliphatic carbocycles. The number of methoxy groups -OCH3 is 2. The van der Waals surface area contributed by atoms with Gasteiger partial charge in [-0.3, -0.25) is 9.59 Å². The lowest BCUT2D eigenvalue weighted by Crippen LogP contribution is -2.35. The summed E-state index contributed by atoms with van der Waals surface area (Å²) in [5.41, 5.74) is 4.46. The SMILES string of the molecule is COc1cc(Br)c(C(=O)NCC(=O)N/N=C(\C)c2csc3ccccc23)cc1OC. The van der Waals surface area contributed by atoms with Crippen molar-refractivity contribution in [2.75, 3.05) is 20.8 Å². The number of benzene rings is 2. The summed E-state index contributed by atoms with van der Waals surface area (Å²) in [7, 11) is 2.99. The summed E-state index contributed by atoms with van der Waals surface area (Å²) in [6, 6.07) is 11.2. The number of hydrazone groups is 1. The molecule has 2 amide bonds. The molecule has 156 valence electrons. The molecule has 0 fully saturated rings. The predicted molar refractivity (Wildman–Crippen MR) is 122 cm³/mol. The van der Waals surface area contributed by atoms with Gasteiger partial charge in [0.05, 0.1) is 32.0 Å². The van der Waals surface area contributed by atoms with Gasteiger partial charge in [0.1, 0.15) is 0 Å². The molecule has 7 nitrogen and oxygen atoms in total. The molecule has 2 aromatic carbocycles. The Kier molecular flexibility index (Phi) is 7.07. The Bertz CT molecular complexity index is 1130. The van der Waals surface area contributed by atoms with Crippen molar-refractivity contribution >= 4 is 54.9 Å². The normalized spacial score (nSPS) is 11.3. The fourth-order valence-corrected chi connectivity index (χ4v) is 4.29. The molecule has 30 heavy (non-hydrogen) atoms. The Balaban J connectivity index is 1.62. The Morgan fingerprint density at radius 2 is 1.80 bits per heavy atom. The van der Waals surface area contributed by atoms with Crippen LogP contribution in [0.5, 0.6) is 11.5 Å². The quantitative estimate of drug-likeness (QED) is 0.388. The second kappa shape index (κ2) is 9.73. The molecule has 0 unspecified atom stereocenters. The van der Waals surface area contributed by atoms with Gasteiger partial charge in [-0.2, -0.15) is 5.10 Å². The third-order valence-electron chi connectivity index (χ3n) is 4.35. The van der Waals surface area contributed by atoms with Gasteiger partial charge in [-0.25, -0.2) is 5.43 Å². The van der Waals surface area contributed by atoms with E-state index in [0.29, 0.717) is 27.2 Å². The predicted octanol–water partition coefficient (Wildman–Crippen LogP) is 3.95. The average Bonchev–Trinajstić information content (AvgIpc) is 3.19. The molecule has 0 aliphatic heterocycles. The van der Waals surface area contributed by atoms with Crippen molar-refractivity contribution in [1.82, 2.24) is 10.7 Å². The maximum absolute atomic E-state index is 12.5. The van der Waals surface area contributed by atoms with Gasteiger partial charge in [-0.05, 0) is 41.1 Å². The van der Waals surface area contributed by atoms with Crippen LogP contribution in [0.25, 0.3) is 10.1 Å². The van der Waals surface area contributed by atoms with E-state index in [1.165, 1.54) is 14.2 Å². The lowest BCUT2D eigenvalue weighted by atomic mass is 10.1. The number of carbonyl (C=O) groups is 2. The minimum absolute atomic E-state index is 0.221. The van der Waals surface area contributed by atoms with Crippen molar-refractivity contribution in [2.45, 2.75) is 6.92 Å². The average molecular weight is 490 g/mol. The lowest BCUT2D eigenvalue weighted by Gasteiger charge is -2.12. The summed E-state index contributed by atoms with van der Waals surface area (Å²) in [6.45, 7) is 1.61. The summed E-state index contributed by atoms with van der Waals surface area (Å²) in [5.74, 6) is 0.0456.